The van der Waals surface area contributed by atoms with Crippen molar-refractivity contribution in [1.29, 1.82) is 5.26 Å². The van der Waals surface area contributed by atoms with E-state index in [0.29, 0.717) is 0 Å². The zero-order valence-corrected chi connectivity index (χ0v) is 26.7. The number of rotatable bonds is 12. The topological polar surface area (TPSA) is 230 Å². The monoisotopic (exact) mass is 674 g/mol. The number of nitrogens with zero attached hydrogens (tertiary/aromatic N) is 4. The summed E-state index contributed by atoms with van der Waals surface area (Å²) in [5, 5.41) is 41.4. The molecule has 254 valence electrons. The minimum absolute atomic E-state index is 0.0574. The van der Waals surface area contributed by atoms with Crippen molar-refractivity contribution >= 4 is 17.9 Å². The highest BCUT2D eigenvalue weighted by atomic mass is 16.6. The number of carbonyl (C=O) groups is 3. The molecular weight excluding hydrogens is 644 g/mol. The van der Waals surface area contributed by atoms with Crippen LogP contribution in [-0.2, 0) is 28.6 Å². The van der Waals surface area contributed by atoms with Gasteiger partial charge >= 0.3 is 17.9 Å². The van der Waals surface area contributed by atoms with Gasteiger partial charge in [0, 0.05) is 18.2 Å². The molecule has 1 aromatic heterocycles. The molecule has 0 aliphatic rings. The molecule has 4 rings (SSSR count). The van der Waals surface area contributed by atoms with E-state index in [1.54, 1.807) is 0 Å². The van der Waals surface area contributed by atoms with Crippen LogP contribution in [0.4, 0.5) is 0 Å². The van der Waals surface area contributed by atoms with Gasteiger partial charge in [0.1, 0.15) is 34.5 Å². The molecule has 49 heavy (non-hydrogen) atoms. The summed E-state index contributed by atoms with van der Waals surface area (Å²) in [6.07, 6.45) is -1.83. The number of phenolic OH excluding ortho intramolecular Hbond substituents is 3. The number of ether oxygens (including phenoxy) is 6. The van der Waals surface area contributed by atoms with Crippen molar-refractivity contribution in [2.75, 3.05) is 14.2 Å². The van der Waals surface area contributed by atoms with Gasteiger partial charge in [0.2, 0.25) is 0 Å². The number of methoxy groups -OCH3 is 2. The van der Waals surface area contributed by atoms with Gasteiger partial charge in [-0.2, -0.15) is 0 Å². The van der Waals surface area contributed by atoms with E-state index in [0.717, 1.165) is 0 Å². The highest BCUT2D eigenvalue weighted by molar-refractivity contribution is 5.77. The van der Waals surface area contributed by atoms with Gasteiger partial charge in [-0.25, -0.2) is 29.3 Å². The molecule has 3 unspecified atom stereocenters. The van der Waals surface area contributed by atoms with Gasteiger partial charge in [0.25, 0.3) is 6.26 Å². The second-order valence-electron chi connectivity index (χ2n) is 10.2. The van der Waals surface area contributed by atoms with Crippen molar-refractivity contribution in [2.45, 2.75) is 39.1 Å². The van der Waals surface area contributed by atoms with Crippen LogP contribution < -0.4 is 14.2 Å². The van der Waals surface area contributed by atoms with Crippen LogP contribution in [0.2, 0.25) is 0 Å². The van der Waals surface area contributed by atoms with Crippen LogP contribution in [0.1, 0.15) is 20.8 Å². The van der Waals surface area contributed by atoms with E-state index in [-0.39, 0.29) is 68.7 Å². The summed E-state index contributed by atoms with van der Waals surface area (Å²) in [4.78, 5) is 48.7. The Labute approximate surface area is 279 Å². The number of carbonyl (C=O) groups excluding carboxylic acids is 3. The van der Waals surface area contributed by atoms with E-state index in [4.69, 9.17) is 19.5 Å². The molecule has 3 aromatic carbocycles. The zero-order valence-electron chi connectivity index (χ0n) is 26.7. The summed E-state index contributed by atoms with van der Waals surface area (Å²) in [5.74, 6) is -3.18. The first-order chi connectivity index (χ1) is 23.3. The molecular formula is C33H30N4O12. The molecule has 0 saturated carbocycles. The molecule has 0 aliphatic heterocycles. The van der Waals surface area contributed by atoms with Crippen LogP contribution in [0.15, 0.2) is 54.6 Å². The molecule has 16 nitrogen and oxygen atoms in total. The van der Waals surface area contributed by atoms with Crippen LogP contribution in [0.25, 0.3) is 34.2 Å². The van der Waals surface area contributed by atoms with Gasteiger partial charge in [-0.15, -0.1) is 5.26 Å². The Morgan fingerprint density at radius 2 is 0.898 bits per heavy atom. The van der Waals surface area contributed by atoms with Crippen molar-refractivity contribution in [3.63, 3.8) is 0 Å². The molecule has 0 spiro atoms. The van der Waals surface area contributed by atoms with Gasteiger partial charge in [-0.1, -0.05) is 0 Å². The van der Waals surface area contributed by atoms with Gasteiger partial charge in [0.05, 0.1) is 30.9 Å². The van der Waals surface area contributed by atoms with Crippen LogP contribution >= 0.6 is 0 Å². The average molecular weight is 675 g/mol. The third kappa shape index (κ3) is 8.40. The highest BCUT2D eigenvalue weighted by Gasteiger charge is 2.22. The lowest BCUT2D eigenvalue weighted by Crippen LogP contribution is -2.24. The van der Waals surface area contributed by atoms with Crippen LogP contribution in [-0.4, -0.2) is 80.7 Å². The molecule has 3 N–H and O–H groups in total. The third-order valence-electron chi connectivity index (χ3n) is 6.75. The maximum Gasteiger partial charge on any atom is 0.362 e. The summed E-state index contributed by atoms with van der Waals surface area (Å²) >= 11 is 0. The number of esters is 3. The first-order valence-corrected chi connectivity index (χ1v) is 14.4. The molecule has 0 amide bonds. The SMILES string of the molecule is COC(=O)C(C)Oc1ccc(-c2nc(-c3ccc(OC(C)C(=O)OC)cc3O)nc(-c3ccc(OC(C)C(=O)OC#N)cc3O)n2)c(O)c1. The molecule has 0 radical (unpaired) electrons. The standard InChI is InChI=1S/C33H30N4O12/c1-16(31(41)44-4)47-19-6-9-22(25(38)12-19)28-35-29(23-10-7-20(13-26(23)39)48-17(2)32(42)45-5)37-30(36-28)24-11-8-21(14-27(24)40)49-18(3)33(43)46-15-34/h6-14,16-18,38-40H,1-5H3. The van der Waals surface area contributed by atoms with Crippen LogP contribution in [0, 0.1) is 11.5 Å². The van der Waals surface area contributed by atoms with E-state index in [2.05, 4.69) is 29.2 Å². The highest BCUT2D eigenvalue weighted by Crippen LogP contribution is 2.38. The Morgan fingerprint density at radius 3 is 1.16 bits per heavy atom. The average Bonchev–Trinajstić information content (AvgIpc) is 3.07. The number of phenols is 3. The Balaban J connectivity index is 1.79. The molecule has 0 fully saturated rings. The summed E-state index contributed by atoms with van der Waals surface area (Å²) in [7, 11) is 2.43. The second kappa shape index (κ2) is 15.3. The van der Waals surface area contributed by atoms with E-state index in [9.17, 15) is 29.7 Å². The van der Waals surface area contributed by atoms with Crippen molar-refractivity contribution in [3.05, 3.63) is 54.6 Å². The fourth-order valence-corrected chi connectivity index (χ4v) is 4.28. The summed E-state index contributed by atoms with van der Waals surface area (Å²) in [6.45, 7) is 4.30. The molecule has 4 aromatic rings. The van der Waals surface area contributed by atoms with E-state index in [1.807, 2.05) is 0 Å². The van der Waals surface area contributed by atoms with Crippen molar-refractivity contribution < 1.29 is 58.1 Å². The molecule has 3 atom stereocenters. The largest absolute Gasteiger partial charge is 0.507 e. The molecule has 1 heterocycles. The predicted octanol–water partition coefficient (Wildman–Crippen LogP) is 3.66. The summed E-state index contributed by atoms with van der Waals surface area (Å²) in [6, 6.07) is 12.3. The Bertz CT molecular complexity index is 1830. The number of aromatic hydroxyl groups is 3. The quantitative estimate of drug-likeness (QED) is 0.111. The Morgan fingerprint density at radius 1 is 0.592 bits per heavy atom. The zero-order chi connectivity index (χ0) is 35.8. The van der Waals surface area contributed by atoms with Gasteiger partial charge in [-0.3, -0.25) is 0 Å². The van der Waals surface area contributed by atoms with E-state index < -0.39 is 36.2 Å². The number of hydrogen-bond acceptors (Lipinski definition) is 16. The molecule has 0 aliphatic carbocycles. The summed E-state index contributed by atoms with van der Waals surface area (Å²) in [5.41, 5.74) is 0.263. The lowest BCUT2D eigenvalue weighted by molar-refractivity contribution is -0.148. The minimum Gasteiger partial charge on any atom is -0.507 e. The van der Waals surface area contributed by atoms with Crippen LogP contribution in [0.5, 0.6) is 34.5 Å². The van der Waals surface area contributed by atoms with Crippen LogP contribution in [0.3, 0.4) is 0 Å². The number of nitriles is 1. The number of aromatic nitrogens is 3. The predicted molar refractivity (Wildman–Crippen MR) is 167 cm³/mol. The van der Waals surface area contributed by atoms with Gasteiger partial charge in [-0.05, 0) is 57.2 Å². The van der Waals surface area contributed by atoms with Crippen molar-refractivity contribution in [3.8, 4) is 74.9 Å². The lowest BCUT2D eigenvalue weighted by Gasteiger charge is -2.15. The molecule has 0 bridgehead atoms. The number of hydrogen-bond donors (Lipinski definition) is 3. The normalized spacial score (nSPS) is 12.4. The van der Waals surface area contributed by atoms with E-state index in [1.165, 1.54) is 95.8 Å². The van der Waals surface area contributed by atoms with Gasteiger partial charge in [0.15, 0.2) is 35.8 Å². The third-order valence-corrected chi connectivity index (χ3v) is 6.75. The second-order valence-corrected chi connectivity index (χ2v) is 10.2. The maximum atomic E-state index is 11.8. The minimum atomic E-state index is -1.17. The Hall–Kier alpha value is -6.63. The van der Waals surface area contributed by atoms with Crippen molar-refractivity contribution in [2.24, 2.45) is 0 Å². The maximum absolute atomic E-state index is 11.8. The fraction of sp³-hybridized carbons (Fsp3) is 0.242. The molecule has 16 heteroatoms. The smallest absolute Gasteiger partial charge is 0.362 e. The number of benzene rings is 3. The fourth-order valence-electron chi connectivity index (χ4n) is 4.28. The Kier molecular flexibility index (Phi) is 11.0. The summed E-state index contributed by atoms with van der Waals surface area (Å²) < 4.78 is 30.1. The first-order valence-electron chi connectivity index (χ1n) is 14.4. The first kappa shape index (κ1) is 35.2. The lowest BCUT2D eigenvalue weighted by atomic mass is 10.1. The van der Waals surface area contributed by atoms with Crippen molar-refractivity contribution in [1.82, 2.24) is 15.0 Å². The van der Waals surface area contributed by atoms with Gasteiger partial charge < -0.3 is 43.7 Å². The van der Waals surface area contributed by atoms with E-state index >= 15 is 0 Å². The molecule has 0 saturated heterocycles.